The van der Waals surface area contributed by atoms with E-state index in [9.17, 15) is 13.6 Å². The van der Waals surface area contributed by atoms with E-state index in [1.165, 1.54) is 21.0 Å². The van der Waals surface area contributed by atoms with E-state index in [1.807, 2.05) is 0 Å². The maximum absolute atomic E-state index is 13.5. The molecule has 0 aliphatic rings. The first-order valence-corrected chi connectivity index (χ1v) is 5.09. The molecule has 17 heavy (non-hydrogen) atoms. The first kappa shape index (κ1) is 13.6. The van der Waals surface area contributed by atoms with Gasteiger partial charge in [-0.3, -0.25) is 4.79 Å². The third-order valence-corrected chi connectivity index (χ3v) is 2.78. The van der Waals surface area contributed by atoms with Gasteiger partial charge < -0.3 is 10.5 Å². The van der Waals surface area contributed by atoms with Gasteiger partial charge in [-0.05, 0) is 32.0 Å². The Morgan fingerprint density at radius 2 is 2.00 bits per heavy atom. The average molecular weight is 243 g/mol. The fraction of sp³-hybridized carbons (Fsp3) is 0.417. The number of halogens is 2. The van der Waals surface area contributed by atoms with E-state index in [-0.39, 0.29) is 5.56 Å². The van der Waals surface area contributed by atoms with Crippen molar-refractivity contribution >= 4 is 5.97 Å². The van der Waals surface area contributed by atoms with Gasteiger partial charge in [-0.25, -0.2) is 8.78 Å². The maximum atomic E-state index is 13.5. The molecule has 0 aromatic heterocycles. The lowest BCUT2D eigenvalue weighted by Crippen LogP contribution is -2.37. The zero-order valence-corrected chi connectivity index (χ0v) is 9.96. The third kappa shape index (κ3) is 2.61. The van der Waals surface area contributed by atoms with E-state index in [0.717, 1.165) is 18.2 Å². The fourth-order valence-corrected chi connectivity index (χ4v) is 1.53. The van der Waals surface area contributed by atoms with Crippen molar-refractivity contribution in [1.29, 1.82) is 0 Å². The SMILES string of the molecule is COC(=O)C(C)(C)C(N)c1cc(F)ccc1F. The Hall–Kier alpha value is -1.49. The summed E-state index contributed by atoms with van der Waals surface area (Å²) in [5.74, 6) is -1.82. The Bertz CT molecular complexity index is 433. The predicted molar refractivity (Wildman–Crippen MR) is 59.1 cm³/mol. The molecule has 0 saturated heterocycles. The second kappa shape index (κ2) is 4.79. The molecule has 0 bridgehead atoms. The summed E-state index contributed by atoms with van der Waals surface area (Å²) in [4.78, 5) is 11.5. The van der Waals surface area contributed by atoms with Gasteiger partial charge in [0.1, 0.15) is 11.6 Å². The van der Waals surface area contributed by atoms with Crippen molar-refractivity contribution in [1.82, 2.24) is 0 Å². The molecule has 5 heteroatoms. The molecular formula is C12H15F2NO2. The van der Waals surface area contributed by atoms with Crippen molar-refractivity contribution in [3.8, 4) is 0 Å². The van der Waals surface area contributed by atoms with Crippen molar-refractivity contribution in [3.63, 3.8) is 0 Å². The number of ether oxygens (including phenoxy) is 1. The molecule has 0 aliphatic carbocycles. The van der Waals surface area contributed by atoms with Crippen molar-refractivity contribution in [2.24, 2.45) is 11.1 Å². The van der Waals surface area contributed by atoms with Gasteiger partial charge in [0.25, 0.3) is 0 Å². The van der Waals surface area contributed by atoms with Crippen LogP contribution >= 0.6 is 0 Å². The highest BCUT2D eigenvalue weighted by Crippen LogP contribution is 2.33. The molecule has 0 saturated carbocycles. The summed E-state index contributed by atoms with van der Waals surface area (Å²) in [5.41, 5.74) is 4.63. The average Bonchev–Trinajstić information content (AvgIpc) is 2.30. The molecule has 1 rings (SSSR count). The molecule has 0 heterocycles. The number of carbonyl (C=O) groups is 1. The highest BCUT2D eigenvalue weighted by molar-refractivity contribution is 5.77. The summed E-state index contributed by atoms with van der Waals surface area (Å²) >= 11 is 0. The molecular weight excluding hydrogens is 228 g/mol. The molecule has 0 fully saturated rings. The largest absolute Gasteiger partial charge is 0.469 e. The van der Waals surface area contributed by atoms with Gasteiger partial charge in [0.2, 0.25) is 0 Å². The lowest BCUT2D eigenvalue weighted by Gasteiger charge is -2.29. The van der Waals surface area contributed by atoms with Crippen molar-refractivity contribution in [2.75, 3.05) is 7.11 Å². The molecule has 0 spiro atoms. The van der Waals surface area contributed by atoms with Crippen LogP contribution in [0.25, 0.3) is 0 Å². The van der Waals surface area contributed by atoms with Crippen LogP contribution in [0.15, 0.2) is 18.2 Å². The van der Waals surface area contributed by atoms with Gasteiger partial charge >= 0.3 is 5.97 Å². The quantitative estimate of drug-likeness (QED) is 0.828. The van der Waals surface area contributed by atoms with Crippen LogP contribution in [0.1, 0.15) is 25.5 Å². The first-order valence-electron chi connectivity index (χ1n) is 5.09. The number of esters is 1. The monoisotopic (exact) mass is 243 g/mol. The highest BCUT2D eigenvalue weighted by atomic mass is 19.1. The molecule has 0 radical (unpaired) electrons. The summed E-state index contributed by atoms with van der Waals surface area (Å²) in [5, 5.41) is 0. The Labute approximate surface area is 98.6 Å². The predicted octanol–water partition coefficient (Wildman–Crippen LogP) is 2.16. The van der Waals surface area contributed by atoms with E-state index in [4.69, 9.17) is 5.73 Å². The number of hydrogen-bond acceptors (Lipinski definition) is 3. The zero-order chi connectivity index (χ0) is 13.2. The van der Waals surface area contributed by atoms with Crippen LogP contribution in [0.4, 0.5) is 8.78 Å². The van der Waals surface area contributed by atoms with Gasteiger partial charge in [0.15, 0.2) is 0 Å². The molecule has 2 N–H and O–H groups in total. The molecule has 94 valence electrons. The summed E-state index contributed by atoms with van der Waals surface area (Å²) in [6.07, 6.45) is 0. The van der Waals surface area contributed by atoms with Gasteiger partial charge in [-0.15, -0.1) is 0 Å². The minimum absolute atomic E-state index is 0.0413. The molecule has 3 nitrogen and oxygen atoms in total. The van der Waals surface area contributed by atoms with Crippen molar-refractivity contribution in [2.45, 2.75) is 19.9 Å². The Kier molecular flexibility index (Phi) is 3.83. The molecule has 0 aliphatic heterocycles. The minimum atomic E-state index is -1.14. The number of rotatable bonds is 3. The van der Waals surface area contributed by atoms with E-state index >= 15 is 0 Å². The number of nitrogens with two attached hydrogens (primary N) is 1. The number of methoxy groups -OCH3 is 1. The van der Waals surface area contributed by atoms with Gasteiger partial charge in [0, 0.05) is 11.6 Å². The standard InChI is InChI=1S/C12H15F2NO2/c1-12(2,11(16)17-3)10(15)8-6-7(13)4-5-9(8)14/h4-6,10H,15H2,1-3H3. The van der Waals surface area contributed by atoms with Crippen molar-refractivity contribution < 1.29 is 18.3 Å². The van der Waals surface area contributed by atoms with Gasteiger partial charge in [-0.2, -0.15) is 0 Å². The summed E-state index contributed by atoms with van der Waals surface area (Å²) < 4.78 is 31.2. The second-order valence-corrected chi connectivity index (χ2v) is 4.36. The van der Waals surface area contributed by atoms with Crippen LogP contribution in [0.2, 0.25) is 0 Å². The minimum Gasteiger partial charge on any atom is -0.469 e. The molecule has 0 amide bonds. The van der Waals surface area contributed by atoms with E-state index in [2.05, 4.69) is 4.74 Å². The Morgan fingerprint density at radius 1 is 1.41 bits per heavy atom. The lowest BCUT2D eigenvalue weighted by atomic mass is 9.81. The number of carbonyl (C=O) groups excluding carboxylic acids is 1. The van der Waals surface area contributed by atoms with Crippen LogP contribution in [-0.2, 0) is 9.53 Å². The summed E-state index contributed by atoms with van der Waals surface area (Å²) in [7, 11) is 1.22. The van der Waals surface area contributed by atoms with E-state index in [1.54, 1.807) is 0 Å². The smallest absolute Gasteiger partial charge is 0.313 e. The second-order valence-electron chi connectivity index (χ2n) is 4.36. The number of hydrogen-bond donors (Lipinski definition) is 1. The van der Waals surface area contributed by atoms with Crippen LogP contribution in [-0.4, -0.2) is 13.1 Å². The third-order valence-electron chi connectivity index (χ3n) is 2.78. The first-order chi connectivity index (χ1) is 7.80. The topological polar surface area (TPSA) is 52.3 Å². The maximum Gasteiger partial charge on any atom is 0.313 e. The highest BCUT2D eigenvalue weighted by Gasteiger charge is 2.37. The summed E-state index contributed by atoms with van der Waals surface area (Å²) in [6.45, 7) is 3.04. The Morgan fingerprint density at radius 3 is 2.53 bits per heavy atom. The molecule has 1 aromatic rings. The fourth-order valence-electron chi connectivity index (χ4n) is 1.53. The zero-order valence-electron chi connectivity index (χ0n) is 9.96. The van der Waals surface area contributed by atoms with E-state index < -0.39 is 29.1 Å². The van der Waals surface area contributed by atoms with Gasteiger partial charge in [0.05, 0.1) is 12.5 Å². The van der Waals surface area contributed by atoms with Crippen LogP contribution in [0, 0.1) is 17.0 Å². The normalized spacial score (nSPS) is 13.3. The Balaban J connectivity index is 3.15. The summed E-state index contributed by atoms with van der Waals surface area (Å²) in [6, 6.07) is 1.99. The molecule has 1 aromatic carbocycles. The van der Waals surface area contributed by atoms with Crippen LogP contribution in [0.3, 0.4) is 0 Å². The van der Waals surface area contributed by atoms with Crippen molar-refractivity contribution in [3.05, 3.63) is 35.4 Å². The van der Waals surface area contributed by atoms with Crippen LogP contribution < -0.4 is 5.73 Å². The lowest BCUT2D eigenvalue weighted by molar-refractivity contribution is -0.152. The molecule has 1 atom stereocenters. The van der Waals surface area contributed by atoms with Gasteiger partial charge in [-0.1, -0.05) is 0 Å². The van der Waals surface area contributed by atoms with Crippen LogP contribution in [0.5, 0.6) is 0 Å². The number of benzene rings is 1. The molecule has 1 unspecified atom stereocenters. The van der Waals surface area contributed by atoms with E-state index in [0.29, 0.717) is 0 Å².